The zero-order chi connectivity index (χ0) is 15.5. The van der Waals surface area contributed by atoms with Gasteiger partial charge in [-0.15, -0.1) is 0 Å². The monoisotopic (exact) mass is 317 g/mol. The second-order valence-electron chi connectivity index (χ2n) is 4.84. The molecule has 0 aromatic heterocycles. The Balaban J connectivity index is 2.28. The normalized spacial score (nSPS) is 28.8. The largest absolute Gasteiger partial charge is 0.529 e. The standard InChI is InChI=1S/C12H20N3O5P/c1-3-18-21(17,19-4-2)20-11-8-15(9-13)14-10-6-5-7-12(10,11)16/h8,10,14,16H,3-7H2,1-2H3/t10-,12+/m0/s1. The van der Waals surface area contributed by atoms with Crippen LogP contribution in [0, 0.1) is 11.5 Å². The Morgan fingerprint density at radius 2 is 2.24 bits per heavy atom. The minimum Gasteiger partial charge on any atom is -0.404 e. The van der Waals surface area contributed by atoms with Crippen LogP contribution in [0.3, 0.4) is 0 Å². The minimum absolute atomic E-state index is 0.0375. The molecule has 0 amide bonds. The van der Waals surface area contributed by atoms with Crippen LogP contribution in [0.5, 0.6) is 0 Å². The molecule has 0 radical (unpaired) electrons. The molecule has 2 rings (SSSR count). The first-order valence-corrected chi connectivity index (χ1v) is 8.42. The molecule has 1 fully saturated rings. The van der Waals surface area contributed by atoms with E-state index in [2.05, 4.69) is 5.43 Å². The fourth-order valence-corrected chi connectivity index (χ4v) is 3.83. The topological polar surface area (TPSA) is 104 Å². The van der Waals surface area contributed by atoms with E-state index in [1.54, 1.807) is 13.8 Å². The molecule has 0 spiro atoms. The van der Waals surface area contributed by atoms with Crippen molar-refractivity contribution in [3.63, 3.8) is 0 Å². The maximum atomic E-state index is 12.5. The summed E-state index contributed by atoms with van der Waals surface area (Å²) in [5.74, 6) is 0.0375. The molecular weight excluding hydrogens is 297 g/mol. The molecule has 1 aliphatic heterocycles. The van der Waals surface area contributed by atoms with Crippen LogP contribution in [0.15, 0.2) is 12.0 Å². The van der Waals surface area contributed by atoms with Crippen LogP contribution in [0.1, 0.15) is 33.1 Å². The van der Waals surface area contributed by atoms with Gasteiger partial charge in [-0.3, -0.25) is 9.05 Å². The highest BCUT2D eigenvalue weighted by molar-refractivity contribution is 7.48. The maximum absolute atomic E-state index is 12.5. The van der Waals surface area contributed by atoms with Gasteiger partial charge >= 0.3 is 7.82 Å². The molecule has 0 aromatic rings. The predicted octanol–water partition coefficient (Wildman–Crippen LogP) is 1.61. The van der Waals surface area contributed by atoms with Crippen molar-refractivity contribution in [3.8, 4) is 6.19 Å². The summed E-state index contributed by atoms with van der Waals surface area (Å²) in [6.07, 6.45) is 5.08. The number of rotatable bonds is 6. The maximum Gasteiger partial charge on any atom is 0.529 e. The molecule has 1 saturated carbocycles. The number of hydrazine groups is 1. The lowest BCUT2D eigenvalue weighted by molar-refractivity contribution is -0.0167. The van der Waals surface area contributed by atoms with E-state index in [-0.39, 0.29) is 25.0 Å². The van der Waals surface area contributed by atoms with Crippen molar-refractivity contribution in [2.75, 3.05) is 13.2 Å². The van der Waals surface area contributed by atoms with Gasteiger partial charge in [0.1, 0.15) is 5.60 Å². The van der Waals surface area contributed by atoms with E-state index in [4.69, 9.17) is 18.8 Å². The van der Waals surface area contributed by atoms with E-state index in [1.165, 1.54) is 6.20 Å². The second-order valence-corrected chi connectivity index (χ2v) is 6.43. The summed E-state index contributed by atoms with van der Waals surface area (Å²) in [6, 6.07) is -0.367. The molecule has 2 N–H and O–H groups in total. The van der Waals surface area contributed by atoms with Crippen LogP contribution in [0.4, 0.5) is 0 Å². The molecule has 1 heterocycles. The first-order chi connectivity index (χ1) is 9.97. The van der Waals surface area contributed by atoms with E-state index in [9.17, 15) is 9.67 Å². The van der Waals surface area contributed by atoms with E-state index in [1.807, 2.05) is 6.19 Å². The highest BCUT2D eigenvalue weighted by Crippen LogP contribution is 2.54. The number of phosphoric ester groups is 1. The molecule has 0 saturated heterocycles. The Kier molecular flexibility index (Phi) is 4.91. The summed E-state index contributed by atoms with van der Waals surface area (Å²) in [6.45, 7) is 3.63. The van der Waals surface area contributed by atoms with Crippen LogP contribution < -0.4 is 5.43 Å². The van der Waals surface area contributed by atoms with Gasteiger partial charge in [0.2, 0.25) is 0 Å². The van der Waals surface area contributed by atoms with E-state index in [0.717, 1.165) is 11.4 Å². The average Bonchev–Trinajstić information content (AvgIpc) is 2.81. The molecule has 2 atom stereocenters. The zero-order valence-electron chi connectivity index (χ0n) is 12.1. The van der Waals surface area contributed by atoms with Crippen molar-refractivity contribution in [2.45, 2.75) is 44.8 Å². The van der Waals surface area contributed by atoms with Gasteiger partial charge in [0.25, 0.3) is 0 Å². The minimum atomic E-state index is -3.81. The lowest BCUT2D eigenvalue weighted by Crippen LogP contribution is -2.56. The van der Waals surface area contributed by atoms with Crippen molar-refractivity contribution in [2.24, 2.45) is 0 Å². The van der Waals surface area contributed by atoms with Crippen LogP contribution in [-0.2, 0) is 18.1 Å². The first-order valence-electron chi connectivity index (χ1n) is 6.96. The van der Waals surface area contributed by atoms with Crippen LogP contribution in [-0.4, -0.2) is 35.0 Å². The Morgan fingerprint density at radius 1 is 1.57 bits per heavy atom. The molecular formula is C12H20N3O5P. The average molecular weight is 317 g/mol. The SMILES string of the molecule is CCOP(=O)(OCC)OC1=CN(C#N)N[C@H]2CCC[C@]12O. The summed E-state index contributed by atoms with van der Waals surface area (Å²) in [5, 5.41) is 20.9. The van der Waals surface area contributed by atoms with E-state index < -0.39 is 13.4 Å². The second kappa shape index (κ2) is 6.34. The highest BCUT2D eigenvalue weighted by Gasteiger charge is 2.51. The Labute approximate surface area is 123 Å². The number of fused-ring (bicyclic) bond motifs is 1. The summed E-state index contributed by atoms with van der Waals surface area (Å²) in [4.78, 5) is 0. The fraction of sp³-hybridized carbons (Fsp3) is 0.750. The van der Waals surface area contributed by atoms with Gasteiger partial charge in [0.05, 0.1) is 25.5 Å². The van der Waals surface area contributed by atoms with Gasteiger partial charge in [0.15, 0.2) is 12.0 Å². The third-order valence-corrected chi connectivity index (χ3v) is 5.06. The van der Waals surface area contributed by atoms with Gasteiger partial charge < -0.3 is 9.63 Å². The lowest BCUT2D eigenvalue weighted by Gasteiger charge is -2.38. The van der Waals surface area contributed by atoms with Gasteiger partial charge in [-0.2, -0.15) is 5.26 Å². The fourth-order valence-electron chi connectivity index (χ4n) is 2.58. The number of phosphoric acid groups is 1. The van der Waals surface area contributed by atoms with Gasteiger partial charge in [0, 0.05) is 0 Å². The van der Waals surface area contributed by atoms with Crippen molar-refractivity contribution in [1.82, 2.24) is 10.4 Å². The number of nitriles is 1. The van der Waals surface area contributed by atoms with Crippen molar-refractivity contribution in [1.29, 1.82) is 5.26 Å². The molecule has 8 nitrogen and oxygen atoms in total. The number of hydrogen-bond acceptors (Lipinski definition) is 8. The van der Waals surface area contributed by atoms with Crippen LogP contribution in [0.25, 0.3) is 0 Å². The Morgan fingerprint density at radius 3 is 2.81 bits per heavy atom. The Hall–Kier alpha value is -1.10. The number of aliphatic hydroxyl groups is 1. The lowest BCUT2D eigenvalue weighted by atomic mass is 9.94. The van der Waals surface area contributed by atoms with Gasteiger partial charge in [-0.25, -0.2) is 15.0 Å². The number of nitrogens with zero attached hydrogens (tertiary/aromatic N) is 2. The molecule has 0 aromatic carbocycles. The summed E-state index contributed by atoms with van der Waals surface area (Å²) in [7, 11) is -3.81. The quantitative estimate of drug-likeness (QED) is 0.562. The molecule has 21 heavy (non-hydrogen) atoms. The zero-order valence-corrected chi connectivity index (χ0v) is 13.0. The summed E-state index contributed by atoms with van der Waals surface area (Å²) in [5.41, 5.74) is 1.57. The highest BCUT2D eigenvalue weighted by atomic mass is 31.2. The molecule has 2 aliphatic rings. The van der Waals surface area contributed by atoms with Crippen molar-refractivity contribution < 1.29 is 23.2 Å². The van der Waals surface area contributed by atoms with Gasteiger partial charge in [-0.05, 0) is 33.1 Å². The predicted molar refractivity (Wildman–Crippen MR) is 73.2 cm³/mol. The summed E-state index contributed by atoms with van der Waals surface area (Å²) >= 11 is 0. The number of nitrogens with one attached hydrogen (secondary N) is 1. The third-order valence-electron chi connectivity index (χ3n) is 3.49. The van der Waals surface area contributed by atoms with Gasteiger partial charge in [-0.1, -0.05) is 0 Å². The Bertz CT molecular complexity index is 496. The molecule has 118 valence electrons. The molecule has 0 bridgehead atoms. The van der Waals surface area contributed by atoms with Crippen LogP contribution in [0.2, 0.25) is 0 Å². The van der Waals surface area contributed by atoms with Crippen molar-refractivity contribution in [3.05, 3.63) is 12.0 Å². The van der Waals surface area contributed by atoms with Crippen molar-refractivity contribution >= 4 is 7.82 Å². The van der Waals surface area contributed by atoms with E-state index >= 15 is 0 Å². The number of hydrogen-bond donors (Lipinski definition) is 2. The third kappa shape index (κ3) is 3.23. The van der Waals surface area contributed by atoms with Crippen LogP contribution >= 0.6 is 7.82 Å². The molecule has 0 unspecified atom stereocenters. The van der Waals surface area contributed by atoms with E-state index in [0.29, 0.717) is 12.8 Å². The smallest absolute Gasteiger partial charge is 0.404 e. The molecule has 1 aliphatic carbocycles. The molecule has 9 heteroatoms. The summed E-state index contributed by atoms with van der Waals surface area (Å²) < 4.78 is 28.0. The first kappa shape index (κ1) is 16.3.